The van der Waals surface area contributed by atoms with Gasteiger partial charge in [0.1, 0.15) is 0 Å². The van der Waals surface area contributed by atoms with E-state index in [4.69, 9.17) is 11.6 Å². The Balaban J connectivity index is 1.99. The van der Waals surface area contributed by atoms with Gasteiger partial charge >= 0.3 is 0 Å². The van der Waals surface area contributed by atoms with E-state index in [9.17, 15) is 5.11 Å². The summed E-state index contributed by atoms with van der Waals surface area (Å²) in [4.78, 5) is 12.0. The third-order valence-electron chi connectivity index (χ3n) is 2.32. The number of nitrogens with one attached hydrogen (secondary N) is 2. The minimum atomic E-state index is -0.607. The van der Waals surface area contributed by atoms with Crippen molar-refractivity contribution in [2.75, 3.05) is 23.7 Å². The summed E-state index contributed by atoms with van der Waals surface area (Å²) in [6.45, 7) is 2.94. The van der Waals surface area contributed by atoms with Crippen LogP contribution in [0.15, 0.2) is 16.8 Å². The molecule has 0 radical (unpaired) electrons. The Kier molecular flexibility index (Phi) is 4.89. The van der Waals surface area contributed by atoms with Gasteiger partial charge in [0.2, 0.25) is 17.2 Å². The number of aliphatic hydroxyl groups excluding tert-OH is 1. The number of hydrogen-bond acceptors (Lipinski definition) is 7. The van der Waals surface area contributed by atoms with Crippen LogP contribution in [0.2, 0.25) is 5.28 Å². The molecule has 0 aliphatic heterocycles. The highest BCUT2D eigenvalue weighted by molar-refractivity contribution is 7.07. The lowest BCUT2D eigenvalue weighted by Crippen LogP contribution is -2.15. The zero-order chi connectivity index (χ0) is 13.7. The highest BCUT2D eigenvalue weighted by atomic mass is 35.5. The molecule has 1 atom stereocenters. The maximum Gasteiger partial charge on any atom is 0.228 e. The monoisotopic (exact) mass is 299 g/mol. The first-order valence-electron chi connectivity index (χ1n) is 5.78. The Labute approximate surface area is 119 Å². The average Bonchev–Trinajstić information content (AvgIpc) is 2.89. The van der Waals surface area contributed by atoms with Gasteiger partial charge in [-0.25, -0.2) is 0 Å². The number of rotatable bonds is 6. The second-order valence-corrected chi connectivity index (χ2v) is 4.85. The van der Waals surface area contributed by atoms with Crippen LogP contribution in [-0.2, 0) is 0 Å². The second-order valence-electron chi connectivity index (χ2n) is 3.74. The first-order valence-corrected chi connectivity index (χ1v) is 7.10. The Morgan fingerprint density at radius 1 is 1.32 bits per heavy atom. The molecule has 0 saturated carbocycles. The summed E-state index contributed by atoms with van der Waals surface area (Å²) in [5.74, 6) is 0.750. The van der Waals surface area contributed by atoms with Crippen molar-refractivity contribution in [1.82, 2.24) is 15.0 Å². The van der Waals surface area contributed by atoms with Crippen molar-refractivity contribution in [2.45, 2.75) is 13.0 Å². The lowest BCUT2D eigenvalue weighted by Gasteiger charge is -2.11. The van der Waals surface area contributed by atoms with E-state index in [-0.39, 0.29) is 5.28 Å². The normalized spacial score (nSPS) is 12.2. The molecule has 0 aliphatic carbocycles. The van der Waals surface area contributed by atoms with Gasteiger partial charge in [0, 0.05) is 13.1 Å². The number of hydrogen-bond donors (Lipinski definition) is 3. The minimum absolute atomic E-state index is 0.110. The molecule has 8 heteroatoms. The molecular weight excluding hydrogens is 286 g/mol. The van der Waals surface area contributed by atoms with E-state index in [0.717, 1.165) is 5.56 Å². The maximum atomic E-state index is 9.94. The van der Waals surface area contributed by atoms with Gasteiger partial charge in [0.15, 0.2) is 0 Å². The summed E-state index contributed by atoms with van der Waals surface area (Å²) in [6, 6.07) is 1.88. The molecule has 2 rings (SSSR count). The van der Waals surface area contributed by atoms with Crippen LogP contribution >= 0.6 is 22.9 Å². The molecule has 0 saturated heterocycles. The van der Waals surface area contributed by atoms with Crippen LogP contribution < -0.4 is 10.6 Å². The molecule has 2 aromatic heterocycles. The molecule has 2 heterocycles. The van der Waals surface area contributed by atoms with Crippen molar-refractivity contribution >= 4 is 34.8 Å². The van der Waals surface area contributed by atoms with E-state index in [1.165, 1.54) is 0 Å². The van der Waals surface area contributed by atoms with E-state index in [1.54, 1.807) is 11.3 Å². The van der Waals surface area contributed by atoms with Crippen LogP contribution in [0, 0.1) is 0 Å². The van der Waals surface area contributed by atoms with Crippen molar-refractivity contribution in [2.24, 2.45) is 0 Å². The Morgan fingerprint density at radius 2 is 2.05 bits per heavy atom. The number of aromatic nitrogens is 3. The average molecular weight is 300 g/mol. The Hall–Kier alpha value is -1.44. The molecule has 0 bridgehead atoms. The molecule has 6 nitrogen and oxygen atoms in total. The summed E-state index contributed by atoms with van der Waals surface area (Å²) >= 11 is 7.34. The van der Waals surface area contributed by atoms with Crippen LogP contribution in [0.25, 0.3) is 0 Å². The van der Waals surface area contributed by atoms with Gasteiger partial charge < -0.3 is 15.7 Å². The van der Waals surface area contributed by atoms with Gasteiger partial charge in [-0.15, -0.1) is 0 Å². The van der Waals surface area contributed by atoms with E-state index in [0.29, 0.717) is 25.0 Å². The molecule has 102 valence electrons. The molecular formula is C11H14ClN5OS. The van der Waals surface area contributed by atoms with Crippen molar-refractivity contribution in [1.29, 1.82) is 0 Å². The molecule has 0 amide bonds. The fourth-order valence-corrected chi connectivity index (χ4v) is 2.30. The van der Waals surface area contributed by atoms with Gasteiger partial charge in [-0.2, -0.15) is 26.3 Å². The number of aliphatic hydroxyl groups is 1. The lowest BCUT2D eigenvalue weighted by atomic mass is 10.2. The first kappa shape index (κ1) is 14.0. The number of nitrogens with zero attached hydrogens (tertiary/aromatic N) is 3. The largest absolute Gasteiger partial charge is 0.387 e. The molecule has 0 aliphatic rings. The van der Waals surface area contributed by atoms with Crippen LogP contribution in [-0.4, -0.2) is 33.1 Å². The molecule has 0 fully saturated rings. The van der Waals surface area contributed by atoms with Gasteiger partial charge in [-0.3, -0.25) is 0 Å². The van der Waals surface area contributed by atoms with Gasteiger partial charge in [0.25, 0.3) is 0 Å². The number of anilines is 2. The predicted octanol–water partition coefficient (Wildman–Crippen LogP) is 2.16. The van der Waals surface area contributed by atoms with Gasteiger partial charge in [0.05, 0.1) is 6.10 Å². The van der Waals surface area contributed by atoms with E-state index in [1.807, 2.05) is 23.8 Å². The zero-order valence-electron chi connectivity index (χ0n) is 10.3. The lowest BCUT2D eigenvalue weighted by molar-refractivity contribution is 0.192. The van der Waals surface area contributed by atoms with E-state index < -0.39 is 6.10 Å². The van der Waals surface area contributed by atoms with E-state index >= 15 is 0 Å². The van der Waals surface area contributed by atoms with Crippen LogP contribution in [0.5, 0.6) is 0 Å². The fraction of sp³-hybridized carbons (Fsp3) is 0.364. The predicted molar refractivity (Wildman–Crippen MR) is 76.8 cm³/mol. The van der Waals surface area contributed by atoms with Crippen LogP contribution in [0.1, 0.15) is 18.6 Å². The minimum Gasteiger partial charge on any atom is -0.387 e. The van der Waals surface area contributed by atoms with Crippen molar-refractivity contribution in [3.05, 3.63) is 27.7 Å². The highest BCUT2D eigenvalue weighted by Gasteiger charge is 2.09. The van der Waals surface area contributed by atoms with Crippen LogP contribution in [0.4, 0.5) is 11.9 Å². The molecule has 3 N–H and O–H groups in total. The molecule has 2 aromatic rings. The Bertz CT molecular complexity index is 522. The summed E-state index contributed by atoms with van der Waals surface area (Å²) in [6.07, 6.45) is -0.607. The quantitative estimate of drug-likeness (QED) is 0.758. The first-order chi connectivity index (χ1) is 9.19. The SMILES string of the molecule is CCNc1nc(Cl)nc(NCC(O)c2ccsc2)n1. The fourth-order valence-electron chi connectivity index (χ4n) is 1.44. The Morgan fingerprint density at radius 3 is 2.68 bits per heavy atom. The summed E-state index contributed by atoms with van der Waals surface area (Å²) in [5.41, 5.74) is 0.865. The van der Waals surface area contributed by atoms with Crippen LogP contribution in [0.3, 0.4) is 0 Å². The molecule has 0 spiro atoms. The molecule has 0 aromatic carbocycles. The summed E-state index contributed by atoms with van der Waals surface area (Å²) < 4.78 is 0. The maximum absolute atomic E-state index is 9.94. The molecule has 19 heavy (non-hydrogen) atoms. The third kappa shape index (κ3) is 4.02. The highest BCUT2D eigenvalue weighted by Crippen LogP contribution is 2.17. The van der Waals surface area contributed by atoms with E-state index in [2.05, 4.69) is 25.6 Å². The second kappa shape index (κ2) is 6.65. The zero-order valence-corrected chi connectivity index (χ0v) is 11.9. The smallest absolute Gasteiger partial charge is 0.228 e. The third-order valence-corrected chi connectivity index (χ3v) is 3.19. The summed E-state index contributed by atoms with van der Waals surface area (Å²) in [5, 5.41) is 19.8. The summed E-state index contributed by atoms with van der Waals surface area (Å²) in [7, 11) is 0. The van der Waals surface area contributed by atoms with Crippen molar-refractivity contribution in [3.8, 4) is 0 Å². The van der Waals surface area contributed by atoms with Crippen molar-refractivity contribution in [3.63, 3.8) is 0 Å². The topological polar surface area (TPSA) is 83.0 Å². The van der Waals surface area contributed by atoms with Crippen molar-refractivity contribution < 1.29 is 5.11 Å². The van der Waals surface area contributed by atoms with Gasteiger partial charge in [-0.05, 0) is 40.9 Å². The standard InChI is InChI=1S/C11H14ClN5OS/c1-2-13-10-15-9(12)16-11(17-10)14-5-8(18)7-3-4-19-6-7/h3-4,6,8,18H,2,5H2,1H3,(H2,13,14,15,16,17). The molecule has 1 unspecified atom stereocenters. The number of halogens is 1. The number of thiophene rings is 1. The van der Waals surface area contributed by atoms with Gasteiger partial charge in [-0.1, -0.05) is 0 Å².